The third-order valence-electron chi connectivity index (χ3n) is 2.21. The lowest BCUT2D eigenvalue weighted by molar-refractivity contribution is -0.148. The molecule has 0 amide bonds. The Balaban J connectivity index is 3.60. The lowest BCUT2D eigenvalue weighted by atomic mass is 9.89. The molecule has 0 atom stereocenters. The summed E-state index contributed by atoms with van der Waals surface area (Å²) in [7, 11) is 0. The first-order valence-electron chi connectivity index (χ1n) is 5.75. The molecule has 0 radical (unpaired) electrons. The maximum atomic E-state index is 11.3. The summed E-state index contributed by atoms with van der Waals surface area (Å²) < 4.78 is 10.3. The summed E-state index contributed by atoms with van der Waals surface area (Å²) in [5.74, 6) is -0.160. The summed E-state index contributed by atoms with van der Waals surface area (Å²) in [6.07, 6.45) is 2.55. The standard InChI is InChI=1S/C12H24O3/c1-5-8-12(3,4)10-15-11(13)7-9-14-6-2/h5-10H2,1-4H3. The van der Waals surface area contributed by atoms with Gasteiger partial charge in [0.1, 0.15) is 0 Å². The fourth-order valence-corrected chi connectivity index (χ4v) is 1.40. The molecule has 90 valence electrons. The van der Waals surface area contributed by atoms with Gasteiger partial charge in [-0.25, -0.2) is 0 Å². The zero-order valence-electron chi connectivity index (χ0n) is 10.5. The number of hydrogen-bond donors (Lipinski definition) is 0. The van der Waals surface area contributed by atoms with Gasteiger partial charge in [0.15, 0.2) is 0 Å². The second kappa shape index (κ2) is 7.69. The third-order valence-corrected chi connectivity index (χ3v) is 2.21. The number of hydrogen-bond acceptors (Lipinski definition) is 3. The maximum absolute atomic E-state index is 11.3. The number of carbonyl (C=O) groups is 1. The molecular formula is C12H24O3. The zero-order chi connectivity index (χ0) is 11.7. The van der Waals surface area contributed by atoms with Crippen molar-refractivity contribution >= 4 is 5.97 Å². The van der Waals surface area contributed by atoms with Gasteiger partial charge < -0.3 is 9.47 Å². The number of ether oxygens (including phenoxy) is 2. The molecule has 0 aliphatic heterocycles. The van der Waals surface area contributed by atoms with Gasteiger partial charge in [-0.15, -0.1) is 0 Å². The van der Waals surface area contributed by atoms with Gasteiger partial charge in [0.05, 0.1) is 19.6 Å². The Morgan fingerprint density at radius 1 is 1.27 bits per heavy atom. The average Bonchev–Trinajstić information content (AvgIpc) is 2.15. The van der Waals surface area contributed by atoms with E-state index in [0.717, 1.165) is 12.8 Å². The minimum atomic E-state index is -0.160. The minimum Gasteiger partial charge on any atom is -0.465 e. The van der Waals surface area contributed by atoms with Crippen LogP contribution in [0.25, 0.3) is 0 Å². The first kappa shape index (κ1) is 14.4. The lowest BCUT2D eigenvalue weighted by Gasteiger charge is -2.23. The summed E-state index contributed by atoms with van der Waals surface area (Å²) in [5, 5.41) is 0. The lowest BCUT2D eigenvalue weighted by Crippen LogP contribution is -2.22. The van der Waals surface area contributed by atoms with Gasteiger partial charge in [0, 0.05) is 6.61 Å². The van der Waals surface area contributed by atoms with Crippen molar-refractivity contribution in [2.45, 2.75) is 47.0 Å². The van der Waals surface area contributed by atoms with Crippen LogP contribution in [-0.4, -0.2) is 25.8 Å². The van der Waals surface area contributed by atoms with Crippen LogP contribution in [0, 0.1) is 5.41 Å². The van der Waals surface area contributed by atoms with Crippen LogP contribution >= 0.6 is 0 Å². The van der Waals surface area contributed by atoms with Crippen LogP contribution in [0.5, 0.6) is 0 Å². The highest BCUT2D eigenvalue weighted by Gasteiger charge is 2.18. The molecule has 0 bridgehead atoms. The van der Waals surface area contributed by atoms with Crippen LogP contribution in [0.3, 0.4) is 0 Å². The van der Waals surface area contributed by atoms with E-state index in [-0.39, 0.29) is 11.4 Å². The topological polar surface area (TPSA) is 35.5 Å². The van der Waals surface area contributed by atoms with E-state index in [9.17, 15) is 4.79 Å². The van der Waals surface area contributed by atoms with Crippen LogP contribution in [0.1, 0.15) is 47.0 Å². The van der Waals surface area contributed by atoms with Gasteiger partial charge in [0.25, 0.3) is 0 Å². The Morgan fingerprint density at radius 2 is 1.93 bits per heavy atom. The zero-order valence-corrected chi connectivity index (χ0v) is 10.5. The van der Waals surface area contributed by atoms with Crippen molar-refractivity contribution in [2.24, 2.45) is 5.41 Å². The van der Waals surface area contributed by atoms with Crippen LogP contribution in [0.2, 0.25) is 0 Å². The second-order valence-corrected chi connectivity index (χ2v) is 4.52. The van der Waals surface area contributed by atoms with Gasteiger partial charge in [-0.3, -0.25) is 4.79 Å². The summed E-state index contributed by atoms with van der Waals surface area (Å²) in [4.78, 5) is 11.3. The third kappa shape index (κ3) is 8.43. The van der Waals surface area contributed by atoms with Crippen LogP contribution in [0.15, 0.2) is 0 Å². The maximum Gasteiger partial charge on any atom is 0.308 e. The summed E-state index contributed by atoms with van der Waals surface area (Å²) in [6.45, 7) is 9.90. The van der Waals surface area contributed by atoms with E-state index in [2.05, 4.69) is 20.8 Å². The summed E-state index contributed by atoms with van der Waals surface area (Å²) in [6, 6.07) is 0. The van der Waals surface area contributed by atoms with E-state index >= 15 is 0 Å². The molecule has 0 aromatic carbocycles. The first-order chi connectivity index (χ1) is 7.02. The Morgan fingerprint density at radius 3 is 2.47 bits per heavy atom. The Labute approximate surface area is 93.1 Å². The van der Waals surface area contributed by atoms with E-state index in [0.29, 0.717) is 26.2 Å². The van der Waals surface area contributed by atoms with E-state index in [1.165, 1.54) is 0 Å². The number of carbonyl (C=O) groups excluding carboxylic acids is 1. The molecule has 0 heterocycles. The molecule has 0 aromatic heterocycles. The van der Waals surface area contributed by atoms with Crippen molar-refractivity contribution in [3.05, 3.63) is 0 Å². The molecule has 3 heteroatoms. The molecule has 0 aromatic rings. The van der Waals surface area contributed by atoms with E-state index < -0.39 is 0 Å². The second-order valence-electron chi connectivity index (χ2n) is 4.52. The quantitative estimate of drug-likeness (QED) is 0.462. The highest BCUT2D eigenvalue weighted by molar-refractivity contribution is 5.69. The predicted molar refractivity (Wildman–Crippen MR) is 60.8 cm³/mol. The monoisotopic (exact) mass is 216 g/mol. The van der Waals surface area contributed by atoms with Crippen molar-refractivity contribution in [1.29, 1.82) is 0 Å². The number of rotatable bonds is 8. The molecule has 3 nitrogen and oxygen atoms in total. The van der Waals surface area contributed by atoms with Gasteiger partial charge in [-0.05, 0) is 18.8 Å². The minimum absolute atomic E-state index is 0.0933. The SMILES string of the molecule is CCCC(C)(C)COC(=O)CCOCC. The Kier molecular flexibility index (Phi) is 7.39. The largest absolute Gasteiger partial charge is 0.465 e. The normalized spacial score (nSPS) is 11.5. The molecule has 0 N–H and O–H groups in total. The van der Waals surface area contributed by atoms with E-state index in [4.69, 9.17) is 9.47 Å². The molecule has 0 unspecified atom stereocenters. The highest BCUT2D eigenvalue weighted by Crippen LogP contribution is 2.22. The van der Waals surface area contributed by atoms with Crippen LogP contribution in [0.4, 0.5) is 0 Å². The van der Waals surface area contributed by atoms with Gasteiger partial charge in [-0.2, -0.15) is 0 Å². The number of esters is 1. The molecule has 0 rings (SSSR count). The van der Waals surface area contributed by atoms with E-state index in [1.54, 1.807) is 0 Å². The average molecular weight is 216 g/mol. The Hall–Kier alpha value is -0.570. The molecule has 0 spiro atoms. The molecular weight excluding hydrogens is 192 g/mol. The molecule has 0 saturated heterocycles. The molecule has 0 aliphatic rings. The summed E-state index contributed by atoms with van der Waals surface area (Å²) >= 11 is 0. The van der Waals surface area contributed by atoms with Gasteiger partial charge in [0.2, 0.25) is 0 Å². The van der Waals surface area contributed by atoms with E-state index in [1.807, 2.05) is 6.92 Å². The predicted octanol–water partition coefficient (Wildman–Crippen LogP) is 2.78. The van der Waals surface area contributed by atoms with Crippen molar-refractivity contribution in [3.63, 3.8) is 0 Å². The summed E-state index contributed by atoms with van der Waals surface area (Å²) in [5.41, 5.74) is 0.0933. The fourth-order valence-electron chi connectivity index (χ4n) is 1.40. The van der Waals surface area contributed by atoms with Gasteiger partial charge in [-0.1, -0.05) is 27.2 Å². The van der Waals surface area contributed by atoms with Crippen molar-refractivity contribution < 1.29 is 14.3 Å². The van der Waals surface area contributed by atoms with Crippen molar-refractivity contribution in [1.82, 2.24) is 0 Å². The fraction of sp³-hybridized carbons (Fsp3) is 0.917. The van der Waals surface area contributed by atoms with Crippen LogP contribution in [-0.2, 0) is 14.3 Å². The highest BCUT2D eigenvalue weighted by atomic mass is 16.5. The molecule has 0 saturated carbocycles. The smallest absolute Gasteiger partial charge is 0.308 e. The molecule has 15 heavy (non-hydrogen) atoms. The Bertz CT molecular complexity index is 176. The molecule has 0 aliphatic carbocycles. The first-order valence-corrected chi connectivity index (χ1v) is 5.75. The van der Waals surface area contributed by atoms with Gasteiger partial charge >= 0.3 is 5.97 Å². The van der Waals surface area contributed by atoms with Crippen LogP contribution < -0.4 is 0 Å². The molecule has 0 fully saturated rings. The van der Waals surface area contributed by atoms with Crippen molar-refractivity contribution in [3.8, 4) is 0 Å². The van der Waals surface area contributed by atoms with Crippen molar-refractivity contribution in [2.75, 3.05) is 19.8 Å².